The van der Waals surface area contributed by atoms with Crippen LogP contribution in [0.5, 0.6) is 0 Å². The summed E-state index contributed by atoms with van der Waals surface area (Å²) >= 11 is 0. The van der Waals surface area contributed by atoms with Crippen molar-refractivity contribution in [2.75, 3.05) is 6.54 Å². The lowest BCUT2D eigenvalue weighted by Gasteiger charge is -2.22. The SMILES string of the molecule is c1cn2c(CCC3CCCCN3)nnc2cn1. The molecule has 1 fully saturated rings. The summed E-state index contributed by atoms with van der Waals surface area (Å²) in [6.07, 6.45) is 11.5. The molecule has 0 saturated carbocycles. The molecule has 0 bridgehead atoms. The van der Waals surface area contributed by atoms with Crippen molar-refractivity contribution in [1.29, 1.82) is 0 Å². The number of aromatic nitrogens is 4. The fraction of sp³-hybridized carbons (Fsp3) is 0.583. The van der Waals surface area contributed by atoms with Crippen molar-refractivity contribution in [2.45, 2.75) is 38.1 Å². The number of nitrogens with one attached hydrogen (secondary N) is 1. The highest BCUT2D eigenvalue weighted by molar-refractivity contribution is 5.33. The number of rotatable bonds is 3. The maximum absolute atomic E-state index is 4.22. The second-order valence-corrected chi connectivity index (χ2v) is 4.61. The van der Waals surface area contributed by atoms with Crippen LogP contribution in [-0.4, -0.2) is 32.2 Å². The number of hydrogen-bond donors (Lipinski definition) is 1. The van der Waals surface area contributed by atoms with E-state index >= 15 is 0 Å². The number of fused-ring (bicyclic) bond motifs is 1. The topological polar surface area (TPSA) is 55.1 Å². The fourth-order valence-corrected chi connectivity index (χ4v) is 2.45. The van der Waals surface area contributed by atoms with Crippen LogP contribution < -0.4 is 5.32 Å². The van der Waals surface area contributed by atoms with E-state index in [4.69, 9.17) is 0 Å². The van der Waals surface area contributed by atoms with Crippen molar-refractivity contribution in [3.05, 3.63) is 24.4 Å². The van der Waals surface area contributed by atoms with Gasteiger partial charge in [-0.15, -0.1) is 10.2 Å². The third-order valence-corrected chi connectivity index (χ3v) is 3.41. The van der Waals surface area contributed by atoms with E-state index < -0.39 is 0 Å². The number of nitrogens with zero attached hydrogens (tertiary/aromatic N) is 4. The van der Waals surface area contributed by atoms with Gasteiger partial charge in [-0.05, 0) is 25.8 Å². The van der Waals surface area contributed by atoms with Gasteiger partial charge in [0.2, 0.25) is 0 Å². The van der Waals surface area contributed by atoms with Crippen molar-refractivity contribution in [2.24, 2.45) is 0 Å². The maximum atomic E-state index is 4.22. The molecule has 5 heteroatoms. The normalized spacial score (nSPS) is 20.8. The quantitative estimate of drug-likeness (QED) is 0.862. The largest absolute Gasteiger partial charge is 0.314 e. The van der Waals surface area contributed by atoms with Gasteiger partial charge in [0.25, 0.3) is 0 Å². The monoisotopic (exact) mass is 231 g/mol. The van der Waals surface area contributed by atoms with E-state index in [1.807, 2.05) is 10.6 Å². The van der Waals surface area contributed by atoms with Crippen LogP contribution in [0.25, 0.3) is 5.65 Å². The van der Waals surface area contributed by atoms with Crippen LogP contribution in [0.4, 0.5) is 0 Å². The summed E-state index contributed by atoms with van der Waals surface area (Å²) in [7, 11) is 0. The standard InChI is InChI=1S/C12H17N5/c1-2-6-14-10(3-1)4-5-11-15-16-12-9-13-7-8-17(11)12/h7-10,14H,1-6H2. The maximum Gasteiger partial charge on any atom is 0.179 e. The highest BCUT2D eigenvalue weighted by atomic mass is 15.2. The number of hydrogen-bond acceptors (Lipinski definition) is 4. The van der Waals surface area contributed by atoms with Gasteiger partial charge in [0.15, 0.2) is 5.65 Å². The van der Waals surface area contributed by atoms with Crippen LogP contribution in [-0.2, 0) is 6.42 Å². The Morgan fingerprint density at radius 2 is 2.35 bits per heavy atom. The summed E-state index contributed by atoms with van der Waals surface area (Å²) in [6, 6.07) is 0.651. The van der Waals surface area contributed by atoms with Gasteiger partial charge in [-0.3, -0.25) is 9.38 Å². The predicted octanol–water partition coefficient (Wildman–Crippen LogP) is 1.20. The van der Waals surface area contributed by atoms with Gasteiger partial charge < -0.3 is 5.32 Å². The molecule has 5 nitrogen and oxygen atoms in total. The summed E-state index contributed by atoms with van der Waals surface area (Å²) in [4.78, 5) is 4.04. The average Bonchev–Trinajstić information content (AvgIpc) is 2.81. The minimum Gasteiger partial charge on any atom is -0.314 e. The molecule has 2 aromatic rings. The molecule has 2 aromatic heterocycles. The first-order valence-corrected chi connectivity index (χ1v) is 6.30. The van der Waals surface area contributed by atoms with Gasteiger partial charge in [0, 0.05) is 24.9 Å². The van der Waals surface area contributed by atoms with Crippen LogP contribution in [0, 0.1) is 0 Å². The highest BCUT2D eigenvalue weighted by Gasteiger charge is 2.13. The lowest BCUT2D eigenvalue weighted by Crippen LogP contribution is -2.34. The molecule has 1 aliphatic rings. The van der Waals surface area contributed by atoms with Crippen LogP contribution in [0.3, 0.4) is 0 Å². The third-order valence-electron chi connectivity index (χ3n) is 3.41. The van der Waals surface area contributed by atoms with Crippen molar-refractivity contribution < 1.29 is 0 Å². The zero-order chi connectivity index (χ0) is 11.5. The third kappa shape index (κ3) is 2.29. The Hall–Kier alpha value is -1.49. The molecule has 17 heavy (non-hydrogen) atoms. The molecule has 0 spiro atoms. The van der Waals surface area contributed by atoms with Gasteiger partial charge >= 0.3 is 0 Å². The Morgan fingerprint density at radius 1 is 1.35 bits per heavy atom. The zero-order valence-corrected chi connectivity index (χ0v) is 9.84. The molecule has 90 valence electrons. The molecule has 0 amide bonds. The van der Waals surface area contributed by atoms with E-state index in [2.05, 4.69) is 20.5 Å². The molecule has 1 aliphatic heterocycles. The Morgan fingerprint density at radius 3 is 3.24 bits per heavy atom. The van der Waals surface area contributed by atoms with Crippen molar-refractivity contribution in [3.8, 4) is 0 Å². The molecule has 1 unspecified atom stereocenters. The van der Waals surface area contributed by atoms with E-state index in [-0.39, 0.29) is 0 Å². The van der Waals surface area contributed by atoms with E-state index in [0.717, 1.165) is 30.9 Å². The van der Waals surface area contributed by atoms with Gasteiger partial charge in [-0.2, -0.15) is 0 Å². The van der Waals surface area contributed by atoms with Crippen molar-refractivity contribution >= 4 is 5.65 Å². The minimum atomic E-state index is 0.651. The molecule has 1 atom stereocenters. The Labute approximate surface area is 100 Å². The van der Waals surface area contributed by atoms with Crippen LogP contribution >= 0.6 is 0 Å². The molecule has 3 rings (SSSR count). The van der Waals surface area contributed by atoms with E-state index in [9.17, 15) is 0 Å². The molecule has 0 aromatic carbocycles. The lowest BCUT2D eigenvalue weighted by molar-refractivity contribution is 0.380. The zero-order valence-electron chi connectivity index (χ0n) is 9.84. The van der Waals surface area contributed by atoms with E-state index in [1.54, 1.807) is 12.4 Å². The average molecular weight is 231 g/mol. The smallest absolute Gasteiger partial charge is 0.179 e. The van der Waals surface area contributed by atoms with Crippen LogP contribution in [0.2, 0.25) is 0 Å². The van der Waals surface area contributed by atoms with E-state index in [1.165, 1.54) is 19.3 Å². The summed E-state index contributed by atoms with van der Waals surface area (Å²) in [5, 5.41) is 11.9. The van der Waals surface area contributed by atoms with Crippen LogP contribution in [0.15, 0.2) is 18.6 Å². The molecule has 3 heterocycles. The second-order valence-electron chi connectivity index (χ2n) is 4.61. The molecular formula is C12H17N5. The Balaban J connectivity index is 1.68. The summed E-state index contributed by atoms with van der Waals surface area (Å²) in [6.45, 7) is 1.16. The molecule has 0 aliphatic carbocycles. The predicted molar refractivity (Wildman–Crippen MR) is 64.7 cm³/mol. The van der Waals surface area contributed by atoms with Gasteiger partial charge in [0.1, 0.15) is 5.82 Å². The number of aryl methyl sites for hydroxylation is 1. The van der Waals surface area contributed by atoms with E-state index in [0.29, 0.717) is 6.04 Å². The summed E-state index contributed by atoms with van der Waals surface area (Å²) < 4.78 is 2.02. The molecular weight excluding hydrogens is 214 g/mol. The summed E-state index contributed by atoms with van der Waals surface area (Å²) in [5.41, 5.74) is 0.833. The first-order valence-electron chi connectivity index (χ1n) is 6.30. The summed E-state index contributed by atoms with van der Waals surface area (Å²) in [5.74, 6) is 1.04. The molecule has 0 radical (unpaired) electrons. The molecule has 1 saturated heterocycles. The van der Waals surface area contributed by atoms with Gasteiger partial charge in [0.05, 0.1) is 6.20 Å². The van der Waals surface area contributed by atoms with Gasteiger partial charge in [-0.1, -0.05) is 6.42 Å². The van der Waals surface area contributed by atoms with Crippen molar-refractivity contribution in [3.63, 3.8) is 0 Å². The second kappa shape index (κ2) is 4.79. The first kappa shape index (κ1) is 10.7. The van der Waals surface area contributed by atoms with Crippen LogP contribution in [0.1, 0.15) is 31.5 Å². The number of piperidine rings is 1. The highest BCUT2D eigenvalue weighted by Crippen LogP contribution is 2.13. The first-order chi connectivity index (χ1) is 8.43. The Bertz CT molecular complexity index is 486. The van der Waals surface area contributed by atoms with Gasteiger partial charge in [-0.25, -0.2) is 0 Å². The Kier molecular flexibility index (Phi) is 3.00. The van der Waals surface area contributed by atoms with Crippen molar-refractivity contribution in [1.82, 2.24) is 24.9 Å². The molecule has 1 N–H and O–H groups in total. The fourth-order valence-electron chi connectivity index (χ4n) is 2.45. The minimum absolute atomic E-state index is 0.651. The lowest BCUT2D eigenvalue weighted by atomic mass is 10.0.